The molecule has 2 aromatic rings. The van der Waals surface area contributed by atoms with Gasteiger partial charge in [0.2, 0.25) is 0 Å². The molecular formula is C12H10OS4. The Kier molecular flexibility index (Phi) is 4.25. The third-order valence-corrected chi connectivity index (χ3v) is 3.02. The Morgan fingerprint density at radius 3 is 1.12 bits per heavy atom. The minimum Gasteiger partial charge on any atom is -0.457 e. The van der Waals surface area contributed by atoms with Gasteiger partial charge in [0.1, 0.15) is 11.5 Å². The van der Waals surface area contributed by atoms with E-state index in [-0.39, 0.29) is 0 Å². The first-order chi connectivity index (χ1) is 8.02. The lowest BCUT2D eigenvalue weighted by Crippen LogP contribution is -1.85. The van der Waals surface area contributed by atoms with Gasteiger partial charge in [-0.05, 0) is 36.4 Å². The van der Waals surface area contributed by atoms with Gasteiger partial charge in [-0.15, -0.1) is 50.5 Å². The summed E-state index contributed by atoms with van der Waals surface area (Å²) >= 11 is 17.1. The van der Waals surface area contributed by atoms with Crippen molar-refractivity contribution in [2.24, 2.45) is 0 Å². The van der Waals surface area contributed by atoms with Crippen LogP contribution >= 0.6 is 50.5 Å². The van der Waals surface area contributed by atoms with Gasteiger partial charge in [0.15, 0.2) is 0 Å². The summed E-state index contributed by atoms with van der Waals surface area (Å²) in [6.45, 7) is 0. The zero-order chi connectivity index (χ0) is 12.4. The predicted octanol–water partition coefficient (Wildman–Crippen LogP) is 4.63. The van der Waals surface area contributed by atoms with E-state index in [1.54, 1.807) is 0 Å². The molecule has 88 valence electrons. The third kappa shape index (κ3) is 3.81. The average Bonchev–Trinajstić information content (AvgIpc) is 2.13. The highest BCUT2D eigenvalue weighted by molar-refractivity contribution is 7.81. The lowest BCUT2D eigenvalue weighted by molar-refractivity contribution is 0.477. The Morgan fingerprint density at radius 2 is 0.824 bits per heavy atom. The Labute approximate surface area is 122 Å². The molecule has 0 aliphatic carbocycles. The van der Waals surface area contributed by atoms with Crippen LogP contribution in [0.3, 0.4) is 0 Å². The van der Waals surface area contributed by atoms with Crippen molar-refractivity contribution >= 4 is 50.5 Å². The number of benzene rings is 2. The smallest absolute Gasteiger partial charge is 0.129 e. The third-order valence-electron chi connectivity index (χ3n) is 1.99. The maximum Gasteiger partial charge on any atom is 0.129 e. The monoisotopic (exact) mass is 298 g/mol. The fourth-order valence-electron chi connectivity index (χ4n) is 1.39. The summed E-state index contributed by atoms with van der Waals surface area (Å²) in [4.78, 5) is 3.22. The van der Waals surface area contributed by atoms with Crippen LogP contribution in [0, 0.1) is 0 Å². The first kappa shape index (κ1) is 13.1. The van der Waals surface area contributed by atoms with Crippen molar-refractivity contribution in [3.8, 4) is 11.5 Å². The van der Waals surface area contributed by atoms with Crippen molar-refractivity contribution in [1.29, 1.82) is 0 Å². The van der Waals surface area contributed by atoms with Gasteiger partial charge in [-0.3, -0.25) is 0 Å². The van der Waals surface area contributed by atoms with Crippen LogP contribution in [0.5, 0.6) is 11.5 Å². The van der Waals surface area contributed by atoms with Crippen molar-refractivity contribution in [1.82, 2.24) is 0 Å². The van der Waals surface area contributed by atoms with Crippen LogP contribution in [0.4, 0.5) is 0 Å². The highest BCUT2D eigenvalue weighted by Crippen LogP contribution is 2.29. The molecule has 0 saturated carbocycles. The molecule has 5 heteroatoms. The van der Waals surface area contributed by atoms with Crippen LogP contribution in [0.25, 0.3) is 0 Å². The molecule has 0 aliphatic rings. The second-order valence-corrected chi connectivity index (χ2v) is 5.54. The van der Waals surface area contributed by atoms with Crippen molar-refractivity contribution in [2.45, 2.75) is 19.6 Å². The minimum atomic E-state index is 0.689. The summed E-state index contributed by atoms with van der Waals surface area (Å²) < 4.78 is 5.71. The van der Waals surface area contributed by atoms with E-state index < -0.39 is 0 Å². The summed E-state index contributed by atoms with van der Waals surface area (Å²) in [6, 6.07) is 11.0. The molecular weight excluding hydrogens is 288 g/mol. The van der Waals surface area contributed by atoms with E-state index >= 15 is 0 Å². The predicted molar refractivity (Wildman–Crippen MR) is 82.0 cm³/mol. The molecule has 0 heterocycles. The lowest BCUT2D eigenvalue weighted by atomic mass is 10.3. The molecule has 17 heavy (non-hydrogen) atoms. The van der Waals surface area contributed by atoms with E-state index in [0.29, 0.717) is 11.5 Å². The molecule has 0 atom stereocenters. The van der Waals surface area contributed by atoms with Gasteiger partial charge in [0.05, 0.1) is 0 Å². The topological polar surface area (TPSA) is 9.23 Å². The summed E-state index contributed by atoms with van der Waals surface area (Å²) in [5.41, 5.74) is 0. The lowest BCUT2D eigenvalue weighted by Gasteiger charge is -2.08. The van der Waals surface area contributed by atoms with E-state index in [9.17, 15) is 0 Å². The highest BCUT2D eigenvalue weighted by Gasteiger charge is 2.02. The van der Waals surface area contributed by atoms with Crippen LogP contribution in [-0.4, -0.2) is 0 Å². The molecule has 1 nitrogen and oxygen atoms in total. The number of rotatable bonds is 2. The Hall–Kier alpha value is -0.360. The van der Waals surface area contributed by atoms with Crippen molar-refractivity contribution in [3.05, 3.63) is 36.4 Å². The minimum absolute atomic E-state index is 0.689. The first-order valence-electron chi connectivity index (χ1n) is 4.77. The van der Waals surface area contributed by atoms with Gasteiger partial charge >= 0.3 is 0 Å². The maximum atomic E-state index is 5.71. The number of ether oxygens (including phenoxy) is 1. The average molecular weight is 298 g/mol. The largest absolute Gasteiger partial charge is 0.457 e. The first-order valence-corrected chi connectivity index (χ1v) is 6.56. The SMILES string of the molecule is Sc1cc(S)cc(Oc2cc(S)cc(S)c2)c1. The molecule has 0 saturated heterocycles. The molecule has 0 bridgehead atoms. The molecule has 0 N–H and O–H groups in total. The maximum absolute atomic E-state index is 5.71. The number of thiol groups is 4. The van der Waals surface area contributed by atoms with Gasteiger partial charge in [-0.2, -0.15) is 0 Å². The summed E-state index contributed by atoms with van der Waals surface area (Å²) in [5.74, 6) is 1.38. The summed E-state index contributed by atoms with van der Waals surface area (Å²) in [5, 5.41) is 0. The van der Waals surface area contributed by atoms with Gasteiger partial charge in [0.25, 0.3) is 0 Å². The van der Waals surface area contributed by atoms with Crippen molar-refractivity contribution in [2.75, 3.05) is 0 Å². The summed E-state index contributed by atoms with van der Waals surface area (Å²) in [7, 11) is 0. The molecule has 0 fully saturated rings. The molecule has 0 aliphatic heterocycles. The zero-order valence-corrected chi connectivity index (χ0v) is 12.2. The second-order valence-electron chi connectivity index (χ2n) is 3.47. The standard InChI is InChI=1S/C12H10OS4/c14-9-1-7(2-10(15)5-9)13-8-3-11(16)6-12(17)4-8/h1-6,14-17H. The fourth-order valence-corrected chi connectivity index (χ4v) is 2.66. The van der Waals surface area contributed by atoms with E-state index in [1.165, 1.54) is 0 Å². The normalized spacial score (nSPS) is 10.4. The molecule has 0 unspecified atom stereocenters. The molecule has 0 aromatic heterocycles. The van der Waals surface area contributed by atoms with Crippen molar-refractivity contribution < 1.29 is 4.74 Å². The van der Waals surface area contributed by atoms with Gasteiger partial charge in [-0.25, -0.2) is 0 Å². The van der Waals surface area contributed by atoms with Crippen LogP contribution in [-0.2, 0) is 0 Å². The Bertz CT molecular complexity index is 464. The quantitative estimate of drug-likeness (QED) is 0.591. The fraction of sp³-hybridized carbons (Fsp3) is 0. The van der Waals surface area contributed by atoms with Crippen LogP contribution in [0.2, 0.25) is 0 Å². The second kappa shape index (κ2) is 5.52. The van der Waals surface area contributed by atoms with Crippen LogP contribution in [0.15, 0.2) is 56.0 Å². The van der Waals surface area contributed by atoms with Gasteiger partial charge in [0, 0.05) is 19.6 Å². The van der Waals surface area contributed by atoms with E-state index in [4.69, 9.17) is 4.74 Å². The molecule has 2 rings (SSSR count). The van der Waals surface area contributed by atoms with Gasteiger partial charge < -0.3 is 4.74 Å². The number of hydrogen-bond acceptors (Lipinski definition) is 5. The molecule has 0 amide bonds. The highest BCUT2D eigenvalue weighted by atomic mass is 32.1. The van der Waals surface area contributed by atoms with E-state index in [2.05, 4.69) is 50.5 Å². The van der Waals surface area contributed by atoms with Gasteiger partial charge in [-0.1, -0.05) is 0 Å². The number of hydrogen-bond donors (Lipinski definition) is 4. The van der Waals surface area contributed by atoms with E-state index in [0.717, 1.165) is 19.6 Å². The Morgan fingerprint density at radius 1 is 0.529 bits per heavy atom. The van der Waals surface area contributed by atoms with Crippen LogP contribution in [0.1, 0.15) is 0 Å². The van der Waals surface area contributed by atoms with E-state index in [1.807, 2.05) is 36.4 Å². The molecule has 2 aromatic carbocycles. The zero-order valence-electron chi connectivity index (χ0n) is 8.66. The molecule has 0 radical (unpaired) electrons. The van der Waals surface area contributed by atoms with Crippen molar-refractivity contribution in [3.63, 3.8) is 0 Å². The Balaban J connectivity index is 2.31. The van der Waals surface area contributed by atoms with Crippen LogP contribution < -0.4 is 4.74 Å². The molecule has 0 spiro atoms. The summed E-state index contributed by atoms with van der Waals surface area (Å²) in [6.07, 6.45) is 0.